The molecule has 28 nitrogen and oxygen atoms in total. The molecular weight excluding hydrogens is 1670 g/mol. The number of carbonyl (C=O) groups is 4. The highest BCUT2D eigenvalue weighted by Crippen LogP contribution is 2.66. The van der Waals surface area contributed by atoms with Gasteiger partial charge in [-0.25, -0.2) is 0 Å². The van der Waals surface area contributed by atoms with E-state index in [1.54, 1.807) is 54.8 Å². The number of allylic oxidation sites excluding steroid dienone is 4. The summed E-state index contributed by atoms with van der Waals surface area (Å²) in [5.74, 6) is 0.353. The Morgan fingerprint density at radius 3 is 1.36 bits per heavy atom. The molecule has 12 fully saturated rings. The number of hydrogen-bond acceptors (Lipinski definition) is 26. The maximum atomic E-state index is 15.3. The first-order chi connectivity index (χ1) is 62.0. The van der Waals surface area contributed by atoms with Gasteiger partial charge in [-0.1, -0.05) is 66.8 Å². The van der Waals surface area contributed by atoms with Crippen LogP contribution in [0.4, 0.5) is 5.69 Å². The fourth-order valence-electron chi connectivity index (χ4n) is 26.3. The molecule has 29 heteroatoms. The number of ether oxygens (including phenoxy) is 16. The molecule has 0 amide bonds. The van der Waals surface area contributed by atoms with Crippen LogP contribution in [-0.4, -0.2) is 290 Å². The number of methoxy groups -OCH3 is 6. The second-order valence-electron chi connectivity index (χ2n) is 40.6. The Morgan fingerprint density at radius 2 is 0.908 bits per heavy atom. The number of fused-ring (bicyclic) bond motifs is 18. The first-order valence-corrected chi connectivity index (χ1v) is 48.7. The van der Waals surface area contributed by atoms with Crippen molar-refractivity contribution in [2.24, 2.45) is 85.1 Å². The third kappa shape index (κ3) is 20.6. The predicted octanol–water partition coefficient (Wildman–Crippen LogP) is 12.1. The summed E-state index contributed by atoms with van der Waals surface area (Å²) in [7, 11) is 21.1. The van der Waals surface area contributed by atoms with E-state index in [0.29, 0.717) is 54.2 Å². The van der Waals surface area contributed by atoms with E-state index in [1.165, 1.54) is 16.6 Å². The summed E-state index contributed by atoms with van der Waals surface area (Å²) in [6, 6.07) is 17.9. The first kappa shape index (κ1) is 101. The highest BCUT2D eigenvalue weighted by atomic mass is 16.7. The van der Waals surface area contributed by atoms with Crippen molar-refractivity contribution in [3.63, 3.8) is 0 Å². The van der Waals surface area contributed by atoms with Crippen LogP contribution in [0.5, 0.6) is 0 Å². The molecule has 14 aliphatic rings. The number of nitrogens with zero attached hydrogens (tertiary/aromatic N) is 5. The number of aryl methyl sites for hydroxylation is 2. The number of benzene rings is 2. The van der Waals surface area contributed by atoms with Gasteiger partial charge in [0.05, 0.1) is 73.8 Å². The Kier molecular flexibility index (Phi) is 33.4. The lowest BCUT2D eigenvalue weighted by Gasteiger charge is -2.44. The fraction of sp³-hybridized carbons (Fsp3) is 0.765. The third-order valence-corrected chi connectivity index (χ3v) is 33.0. The van der Waals surface area contributed by atoms with E-state index in [2.05, 4.69) is 130 Å². The minimum absolute atomic E-state index is 0. The molecule has 2 aromatic carbocycles. The summed E-state index contributed by atoms with van der Waals surface area (Å²) in [5.41, 5.74) is 5.57. The number of likely N-dealkylation sites (N-methyl/N-ethyl adjacent to an activating group) is 2. The van der Waals surface area contributed by atoms with E-state index in [4.69, 9.17) is 85.8 Å². The minimum Gasteiger partial charge on any atom is -0.462 e. The molecule has 0 radical (unpaired) electrons. The molecule has 8 saturated heterocycles. The van der Waals surface area contributed by atoms with Gasteiger partial charge in [0.2, 0.25) is 0 Å². The number of carbonyl (C=O) groups excluding carboxylic acids is 4. The van der Waals surface area contributed by atoms with Gasteiger partial charge in [-0.3, -0.25) is 19.2 Å². The van der Waals surface area contributed by atoms with Gasteiger partial charge in [0.15, 0.2) is 36.7 Å². The standard InChI is InChI=1S/C50H73N3O10.C41H66N2O10.C9H10BNO2.2CH4/c1-11-31-13-12-14-40(63-42-18-17-38(51(5)6)27(3)59-42)26(2)46(55)37-24-34-33-22-32(62-50-49(58-10)48(57-9)47(56-8)28(4)60-50)23-36(33)44-45(43(34)35(37)25-41(54)61-31)53(44)30-15-16-39-29(21-30)19-20-52(39)7;1-10-23-12-11-13-31(53-33-15-14-30(43(5)6)21(3)49-33)20(2)37(45)29-18-26-25-16-24(52-41-40(48-9)39(47-8)38(46-7)22(4)50-41)17-28(25)35-36(42-35)34(26)27(29)19-32(44)51-23;1-11-5-4-7-6-8(10(12)13)2-3-9(7)11;;/h15-16,19-21,24,26-28,31-36,38,40,42-45,47-50H,11-14,17-18,22-23,25H2,1-10H3;18,20-28,30-31,33-36,38-42H,10-17,19H2,1-9H3;2-6,12-13H,1H3;2*1H4/t26-,27?,28?,31+,32+,33+,34+,35-,36-,38+,40+,42+,43-,44+,45-,47+,48?,49+,50+,53?;20-,21?,22?,23+,24+,25+,26+,27-,28-,30+,31+,33+,34-,35+,36-,38+,39?,40+,41+;;;/m11.../s1. The van der Waals surface area contributed by atoms with Crippen LogP contribution in [-0.2, 0) is 109 Å². The van der Waals surface area contributed by atoms with E-state index in [0.717, 1.165) is 112 Å². The topological polar surface area (TPSA) is 298 Å². The SMILES string of the molecule is C.C.CC[C@H]1CCC[C@H](O[C@H]2CC[C@H](N(C)C)C(C)O2)[C@@H](C)C(=O)C2=C[C@H]3[C@@H]4C[C@H](O[C@@H]5OC(C)[C@H](OC)C(OC)[C@@H]5OC)C[C@H]4[C@@H]4N[C@@H]4[C@H]3[C@@H]2CC(=O)O1.CC[C@H]1CCC[C@H](O[C@H]2CC[C@H](N(C)C)C(C)O2)[C@@H](C)C(=O)C2=C[C@H]3[C@@H]4C[C@H](O[C@@H]5OC(C)[C@H](OC)C(OC)[C@@H]5OC)C[C@H]4[C@H]4[C@@H]([C@H]3[C@@H]2CC(=O)O1)N4c1ccc2c(ccn2C)c1.Cn1ccc2cc(B(O)O)ccc21. The Hall–Kier alpha value is -5.62. The molecular formula is C102H157BN6O22. The lowest BCUT2D eigenvalue weighted by Crippen LogP contribution is -2.59. The number of aromatic nitrogens is 2. The first-order valence-electron chi connectivity index (χ1n) is 48.7. The number of rotatable bonds is 20. The molecule has 131 heavy (non-hydrogen) atoms. The molecule has 0 spiro atoms. The quantitative estimate of drug-likeness (QED) is 0.0421. The average molecular weight is 1830 g/mol. The molecule has 6 unspecified atom stereocenters. The molecule has 4 saturated carbocycles. The summed E-state index contributed by atoms with van der Waals surface area (Å²) in [6.45, 7) is 16.5. The largest absolute Gasteiger partial charge is 0.488 e. The minimum atomic E-state index is -1.38. The fourth-order valence-corrected chi connectivity index (χ4v) is 26.3. The van der Waals surface area contributed by atoms with E-state index >= 15 is 4.79 Å². The van der Waals surface area contributed by atoms with Crippen molar-refractivity contribution in [3.05, 3.63) is 84.2 Å². The van der Waals surface area contributed by atoms with E-state index < -0.39 is 37.8 Å². The van der Waals surface area contributed by atoms with E-state index in [-0.39, 0.29) is 215 Å². The summed E-state index contributed by atoms with van der Waals surface area (Å²) in [6.07, 6.45) is 16.5. The van der Waals surface area contributed by atoms with Crippen LogP contribution in [0, 0.1) is 71.0 Å². The van der Waals surface area contributed by atoms with Gasteiger partial charge in [0, 0.05) is 139 Å². The second-order valence-corrected chi connectivity index (χ2v) is 40.6. The molecule has 38 atom stereocenters. The maximum absolute atomic E-state index is 15.3. The Labute approximate surface area is 778 Å². The molecule has 730 valence electrons. The highest BCUT2D eigenvalue weighted by Gasteiger charge is 2.70. The zero-order valence-electron chi connectivity index (χ0n) is 80.0. The van der Waals surface area contributed by atoms with Crippen molar-refractivity contribution in [1.29, 1.82) is 0 Å². The number of nitrogens with one attached hydrogen (secondary N) is 1. The normalized spacial score (nSPS) is 41.5. The third-order valence-electron chi connectivity index (χ3n) is 33.0. The summed E-state index contributed by atoms with van der Waals surface area (Å²) < 4.78 is 105. The number of ketones is 2. The van der Waals surface area contributed by atoms with Crippen LogP contribution in [0.1, 0.15) is 186 Å². The molecule has 18 rings (SSSR count). The average Bonchev–Trinajstić information content (AvgIpc) is 1.51. The van der Waals surface area contributed by atoms with Crippen LogP contribution in [0.25, 0.3) is 21.8 Å². The van der Waals surface area contributed by atoms with Crippen molar-refractivity contribution in [1.82, 2.24) is 24.3 Å². The molecule has 10 heterocycles. The van der Waals surface area contributed by atoms with Gasteiger partial charge in [-0.05, 0) is 264 Å². The molecule has 2 aromatic heterocycles. The Morgan fingerprint density at radius 1 is 0.473 bits per heavy atom. The van der Waals surface area contributed by atoms with E-state index in [1.807, 2.05) is 57.6 Å². The maximum Gasteiger partial charge on any atom is 0.488 e. The van der Waals surface area contributed by atoms with Crippen LogP contribution in [0.2, 0.25) is 0 Å². The summed E-state index contributed by atoms with van der Waals surface area (Å²) >= 11 is 0. The van der Waals surface area contributed by atoms with Crippen molar-refractivity contribution in [2.75, 3.05) is 75.7 Å². The Balaban J connectivity index is 0.000000184. The van der Waals surface area contributed by atoms with Crippen molar-refractivity contribution < 1.29 is 105 Å². The van der Waals surface area contributed by atoms with Crippen molar-refractivity contribution in [2.45, 2.75) is 345 Å². The van der Waals surface area contributed by atoms with Crippen molar-refractivity contribution >= 4 is 63.6 Å². The molecule has 4 aromatic rings. The summed E-state index contributed by atoms with van der Waals surface area (Å²) in [4.78, 5) is 64.8. The number of hydrogen-bond donors (Lipinski definition) is 3. The van der Waals surface area contributed by atoms with Gasteiger partial charge in [-0.15, -0.1) is 0 Å². The second kappa shape index (κ2) is 43.2. The lowest BCUT2D eigenvalue weighted by atomic mass is 9.66. The van der Waals surface area contributed by atoms with Crippen LogP contribution < -0.4 is 15.7 Å². The van der Waals surface area contributed by atoms with Gasteiger partial charge in [0.25, 0.3) is 0 Å². The zero-order chi connectivity index (χ0) is 91.6. The zero-order valence-corrected chi connectivity index (χ0v) is 80.0. The smallest absolute Gasteiger partial charge is 0.462 e. The molecule has 8 aliphatic heterocycles. The van der Waals surface area contributed by atoms with Gasteiger partial charge in [-0.2, -0.15) is 0 Å². The van der Waals surface area contributed by atoms with Crippen LogP contribution in [0.15, 0.2) is 84.2 Å². The number of cyclic esters (lactones) is 2. The van der Waals surface area contributed by atoms with Crippen LogP contribution >= 0.6 is 0 Å². The van der Waals surface area contributed by atoms with Gasteiger partial charge >= 0.3 is 19.1 Å². The molecule has 3 N–H and O–H groups in total. The predicted molar refractivity (Wildman–Crippen MR) is 500 cm³/mol. The van der Waals surface area contributed by atoms with Crippen molar-refractivity contribution in [3.8, 4) is 0 Å². The molecule has 6 aliphatic carbocycles. The number of anilines is 1. The molecule has 0 bridgehead atoms. The highest BCUT2D eigenvalue weighted by molar-refractivity contribution is 6.58. The Bertz CT molecular complexity index is 4560. The van der Waals surface area contributed by atoms with Crippen LogP contribution in [0.3, 0.4) is 0 Å². The monoisotopic (exact) mass is 1830 g/mol. The lowest BCUT2D eigenvalue weighted by molar-refractivity contribution is -0.314. The van der Waals surface area contributed by atoms with Gasteiger partial charge in [0.1, 0.15) is 48.8 Å². The number of Topliss-reactive ketones (excluding diaryl/α,β-unsaturated/α-hetero) is 2. The summed E-state index contributed by atoms with van der Waals surface area (Å²) in [5, 5.41) is 23.9. The number of esters is 2. The van der Waals surface area contributed by atoms with Gasteiger partial charge < -0.3 is 115 Å². The van der Waals surface area contributed by atoms with E-state index in [9.17, 15) is 14.4 Å².